The van der Waals surface area contributed by atoms with Crippen molar-refractivity contribution in [1.82, 2.24) is 15.0 Å². The molecule has 5 nitrogen and oxygen atoms in total. The normalized spacial score (nSPS) is 11.2. The van der Waals surface area contributed by atoms with Gasteiger partial charge in [0.25, 0.3) is 0 Å². The molecule has 0 N–H and O–H groups in total. The van der Waals surface area contributed by atoms with Crippen LogP contribution in [0.15, 0.2) is 48.9 Å². The van der Waals surface area contributed by atoms with Crippen LogP contribution in [0.3, 0.4) is 0 Å². The number of aromatic nitrogens is 3. The van der Waals surface area contributed by atoms with E-state index < -0.39 is 0 Å². The van der Waals surface area contributed by atoms with Crippen LogP contribution in [0.1, 0.15) is 16.7 Å². The molecule has 0 unspecified atom stereocenters. The summed E-state index contributed by atoms with van der Waals surface area (Å²) in [5.74, 6) is -0.491. The Hall–Kier alpha value is -3.12. The quantitative estimate of drug-likeness (QED) is 0.459. The van der Waals surface area contributed by atoms with E-state index in [9.17, 15) is 4.79 Å². The molecule has 1 amide bonds. The first-order valence-corrected chi connectivity index (χ1v) is 9.64. The van der Waals surface area contributed by atoms with Crippen LogP contribution in [0.25, 0.3) is 21.8 Å². The fraction of sp³-hybridized carbons (Fsp3) is 0.182. The lowest BCUT2D eigenvalue weighted by atomic mass is 9.94. The molecule has 0 atom stereocenters. The number of carbonyl (C=O) groups excluding carboxylic acids is 1. The molecule has 0 spiro atoms. The van der Waals surface area contributed by atoms with Crippen LogP contribution in [0, 0.1) is 19.7 Å². The number of amides is 1. The minimum absolute atomic E-state index is 0.144. The largest absolute Gasteiger partial charge is 0.290 e. The van der Waals surface area contributed by atoms with Crippen molar-refractivity contribution < 1.29 is 9.18 Å². The molecule has 7 heteroatoms. The summed E-state index contributed by atoms with van der Waals surface area (Å²) >= 11 is 5.86. The second kappa shape index (κ2) is 7.72. The van der Waals surface area contributed by atoms with Gasteiger partial charge in [-0.05, 0) is 42.0 Å². The van der Waals surface area contributed by atoms with Gasteiger partial charge in [0.2, 0.25) is 5.91 Å². The van der Waals surface area contributed by atoms with E-state index in [4.69, 9.17) is 11.6 Å². The van der Waals surface area contributed by atoms with Gasteiger partial charge in [-0.2, -0.15) is 0 Å². The summed E-state index contributed by atoms with van der Waals surface area (Å²) in [6, 6.07) is 9.07. The van der Waals surface area contributed by atoms with Gasteiger partial charge >= 0.3 is 0 Å². The Morgan fingerprint density at radius 1 is 1.07 bits per heavy atom. The number of pyridine rings is 1. The van der Waals surface area contributed by atoms with E-state index >= 15 is 4.39 Å². The highest BCUT2D eigenvalue weighted by Gasteiger charge is 2.22. The molecule has 0 saturated heterocycles. The molecular formula is C22H18ClFN4O. The fourth-order valence-corrected chi connectivity index (χ4v) is 3.67. The topological polar surface area (TPSA) is 59.0 Å². The number of carbonyl (C=O) groups is 1. The van der Waals surface area contributed by atoms with Crippen LogP contribution in [-0.2, 0) is 11.3 Å². The Labute approximate surface area is 172 Å². The second-order valence-corrected chi connectivity index (χ2v) is 7.06. The third-order valence-electron chi connectivity index (χ3n) is 5.14. The van der Waals surface area contributed by atoms with E-state index in [0.29, 0.717) is 27.8 Å². The first-order valence-electron chi connectivity index (χ1n) is 9.10. The maximum atomic E-state index is 15.0. The first kappa shape index (κ1) is 19.2. The molecular weight excluding hydrogens is 391 g/mol. The second-order valence-electron chi connectivity index (χ2n) is 6.79. The van der Waals surface area contributed by atoms with Crippen molar-refractivity contribution in [2.24, 2.45) is 0 Å². The number of aryl methyl sites for hydroxylation is 1. The van der Waals surface area contributed by atoms with Crippen molar-refractivity contribution in [1.29, 1.82) is 0 Å². The number of benzene rings is 2. The Kier molecular flexibility index (Phi) is 5.11. The number of hydrogen-bond donors (Lipinski definition) is 0. The highest BCUT2D eigenvalue weighted by molar-refractivity contribution is 6.29. The van der Waals surface area contributed by atoms with Gasteiger partial charge in [0.15, 0.2) is 5.82 Å². The Morgan fingerprint density at radius 3 is 2.59 bits per heavy atom. The molecule has 0 aliphatic rings. The van der Waals surface area contributed by atoms with Gasteiger partial charge in [-0.3, -0.25) is 19.7 Å². The lowest BCUT2D eigenvalue weighted by molar-refractivity contribution is -0.116. The van der Waals surface area contributed by atoms with E-state index in [1.807, 2.05) is 25.1 Å². The van der Waals surface area contributed by atoms with Crippen LogP contribution in [0.2, 0.25) is 0 Å². The average Bonchev–Trinajstić information content (AvgIpc) is 2.77. The summed E-state index contributed by atoms with van der Waals surface area (Å²) in [5, 5.41) is 1.38. The molecule has 4 aromatic rings. The molecule has 0 saturated carbocycles. The lowest BCUT2D eigenvalue weighted by Gasteiger charge is -2.24. The van der Waals surface area contributed by atoms with Crippen molar-refractivity contribution in [3.05, 3.63) is 71.4 Å². The summed E-state index contributed by atoms with van der Waals surface area (Å²) in [4.78, 5) is 27.0. The highest BCUT2D eigenvalue weighted by atomic mass is 35.5. The predicted molar refractivity (Wildman–Crippen MR) is 113 cm³/mol. The average molecular weight is 409 g/mol. The number of fused-ring (bicyclic) bond motifs is 2. The van der Waals surface area contributed by atoms with E-state index in [2.05, 4.69) is 15.0 Å². The molecule has 29 heavy (non-hydrogen) atoms. The Bertz CT molecular complexity index is 1240. The molecule has 2 aromatic carbocycles. The zero-order valence-electron chi connectivity index (χ0n) is 16.0. The number of halogens is 2. The summed E-state index contributed by atoms with van der Waals surface area (Å²) in [7, 11) is 0. The van der Waals surface area contributed by atoms with Crippen LogP contribution in [0.4, 0.5) is 10.2 Å². The Balaban J connectivity index is 1.84. The highest BCUT2D eigenvalue weighted by Crippen LogP contribution is 2.30. The zero-order valence-corrected chi connectivity index (χ0v) is 16.7. The van der Waals surface area contributed by atoms with Crippen molar-refractivity contribution in [3.63, 3.8) is 0 Å². The molecule has 0 radical (unpaired) electrons. The number of nitrogens with zero attached hydrogens (tertiary/aromatic N) is 4. The molecule has 0 fully saturated rings. The fourth-order valence-electron chi connectivity index (χ4n) is 3.53. The summed E-state index contributed by atoms with van der Waals surface area (Å²) in [5.41, 5.74) is 3.39. The van der Waals surface area contributed by atoms with E-state index in [-0.39, 0.29) is 24.1 Å². The minimum Gasteiger partial charge on any atom is -0.290 e. The smallest absolute Gasteiger partial charge is 0.243 e. The molecule has 4 rings (SSSR count). The number of rotatable bonds is 4. The molecule has 0 bridgehead atoms. The summed E-state index contributed by atoms with van der Waals surface area (Å²) < 4.78 is 15.0. The van der Waals surface area contributed by atoms with Gasteiger partial charge < -0.3 is 0 Å². The summed E-state index contributed by atoms with van der Waals surface area (Å²) in [6.45, 7) is 3.80. The van der Waals surface area contributed by atoms with Gasteiger partial charge in [-0.1, -0.05) is 24.3 Å². The zero-order chi connectivity index (χ0) is 20.5. The van der Waals surface area contributed by atoms with Gasteiger partial charge in [-0.15, -0.1) is 11.6 Å². The maximum absolute atomic E-state index is 15.0. The number of hydrogen-bond acceptors (Lipinski definition) is 4. The van der Waals surface area contributed by atoms with Gasteiger partial charge in [0.1, 0.15) is 17.2 Å². The van der Waals surface area contributed by atoms with E-state index in [1.54, 1.807) is 31.5 Å². The molecule has 2 heterocycles. The molecule has 0 aliphatic carbocycles. The van der Waals surface area contributed by atoms with Crippen LogP contribution < -0.4 is 4.90 Å². The van der Waals surface area contributed by atoms with Crippen molar-refractivity contribution in [2.45, 2.75) is 20.4 Å². The third kappa shape index (κ3) is 3.40. The third-order valence-corrected chi connectivity index (χ3v) is 5.37. The molecule has 0 aliphatic heterocycles. The number of alkyl halides is 1. The standard InChI is InChI=1S/C22H18ClFN4O/c1-13-15-5-3-4-6-16(15)22(24)14(2)17(13)12-28(21(29)9-23)20-11-26-18-7-8-25-10-19(18)27-20/h3-8,10-11H,9,12H2,1-2H3. The Morgan fingerprint density at radius 2 is 1.83 bits per heavy atom. The first-order chi connectivity index (χ1) is 14.0. The predicted octanol–water partition coefficient (Wildman–Crippen LogP) is 4.71. The SMILES string of the molecule is Cc1c(CN(C(=O)CCl)c2cnc3ccncc3n2)c(C)c2ccccc2c1F. The monoisotopic (exact) mass is 408 g/mol. The van der Waals surface area contributed by atoms with E-state index in [0.717, 1.165) is 16.5 Å². The minimum atomic E-state index is -0.337. The number of anilines is 1. The van der Waals surface area contributed by atoms with Crippen LogP contribution in [0.5, 0.6) is 0 Å². The van der Waals surface area contributed by atoms with Gasteiger partial charge in [0.05, 0.1) is 24.5 Å². The van der Waals surface area contributed by atoms with Crippen molar-refractivity contribution in [2.75, 3.05) is 10.8 Å². The van der Waals surface area contributed by atoms with Crippen LogP contribution in [-0.4, -0.2) is 26.7 Å². The molecule has 146 valence electrons. The van der Waals surface area contributed by atoms with Crippen molar-refractivity contribution in [3.8, 4) is 0 Å². The summed E-state index contributed by atoms with van der Waals surface area (Å²) in [6.07, 6.45) is 4.74. The maximum Gasteiger partial charge on any atom is 0.243 e. The van der Waals surface area contributed by atoms with Gasteiger partial charge in [-0.25, -0.2) is 9.37 Å². The molecule has 2 aromatic heterocycles. The van der Waals surface area contributed by atoms with Crippen LogP contribution >= 0.6 is 11.6 Å². The van der Waals surface area contributed by atoms with E-state index in [1.165, 1.54) is 11.1 Å². The van der Waals surface area contributed by atoms with Gasteiger partial charge in [0, 0.05) is 11.6 Å². The van der Waals surface area contributed by atoms with Crippen molar-refractivity contribution >= 4 is 45.1 Å². The lowest BCUT2D eigenvalue weighted by Crippen LogP contribution is -2.33.